The highest BCUT2D eigenvalue weighted by Gasteiger charge is 2.12. The van der Waals surface area contributed by atoms with E-state index in [2.05, 4.69) is 15.8 Å². The zero-order valence-electron chi connectivity index (χ0n) is 14.5. The zero-order chi connectivity index (χ0) is 18.9. The maximum absolute atomic E-state index is 11.5. The maximum atomic E-state index is 11.5. The summed E-state index contributed by atoms with van der Waals surface area (Å²) in [5.74, 6) is -0.821. The van der Waals surface area contributed by atoms with Gasteiger partial charge >= 0.3 is 11.8 Å². The van der Waals surface area contributed by atoms with Crippen LogP contribution in [0, 0.1) is 0 Å². The van der Waals surface area contributed by atoms with Crippen molar-refractivity contribution < 1.29 is 14.3 Å². The van der Waals surface area contributed by atoms with Crippen molar-refractivity contribution in [2.75, 3.05) is 0 Å². The lowest BCUT2D eigenvalue weighted by molar-refractivity contribution is -0.139. The molecule has 26 heavy (non-hydrogen) atoms. The zero-order valence-corrected chi connectivity index (χ0v) is 15.3. The molecule has 0 bridgehead atoms. The minimum Gasteiger partial charge on any atom is -0.489 e. The Bertz CT molecular complexity index is 772. The predicted molar refractivity (Wildman–Crippen MR) is 101 cm³/mol. The van der Waals surface area contributed by atoms with Crippen molar-refractivity contribution in [2.24, 2.45) is 5.10 Å². The van der Waals surface area contributed by atoms with Gasteiger partial charge in [0.1, 0.15) is 12.4 Å². The summed E-state index contributed by atoms with van der Waals surface area (Å²) < 4.78 is 5.69. The molecule has 2 aromatic rings. The Hall–Kier alpha value is -2.86. The molecule has 136 valence electrons. The van der Waals surface area contributed by atoms with Gasteiger partial charge in [0.25, 0.3) is 0 Å². The van der Waals surface area contributed by atoms with Gasteiger partial charge in [0, 0.05) is 11.1 Å². The fourth-order valence-electron chi connectivity index (χ4n) is 1.94. The number of halogens is 1. The summed E-state index contributed by atoms with van der Waals surface area (Å²) in [5, 5.41) is 6.93. The summed E-state index contributed by atoms with van der Waals surface area (Å²) in [6.07, 6.45) is 1.45. The highest BCUT2D eigenvalue weighted by Crippen LogP contribution is 2.15. The average molecular weight is 374 g/mol. The van der Waals surface area contributed by atoms with Crippen LogP contribution in [0.3, 0.4) is 0 Å². The smallest absolute Gasteiger partial charge is 0.329 e. The van der Waals surface area contributed by atoms with Gasteiger partial charge in [-0.25, -0.2) is 5.43 Å². The first-order chi connectivity index (χ1) is 12.4. The standard InChI is InChI=1S/C19H20ClN3O3/c1-13(2)22-18(24)19(25)23-21-11-14-5-9-17(10-6-14)26-12-15-3-7-16(20)8-4-15/h3-11,13H,12H2,1-2H3,(H,22,24)(H,23,25)/b21-11+. The number of amides is 2. The SMILES string of the molecule is CC(C)NC(=O)C(=O)N/N=C/c1ccc(OCc2ccc(Cl)cc2)cc1. The molecule has 2 N–H and O–H groups in total. The van der Waals surface area contributed by atoms with Crippen molar-refractivity contribution in [1.82, 2.24) is 10.7 Å². The number of nitrogens with one attached hydrogen (secondary N) is 2. The van der Waals surface area contributed by atoms with E-state index in [1.165, 1.54) is 6.21 Å². The molecule has 0 aliphatic carbocycles. The van der Waals surface area contributed by atoms with Gasteiger partial charge in [-0.15, -0.1) is 0 Å². The lowest BCUT2D eigenvalue weighted by atomic mass is 10.2. The average Bonchev–Trinajstić information content (AvgIpc) is 2.61. The number of ether oxygens (including phenoxy) is 1. The van der Waals surface area contributed by atoms with Gasteiger partial charge < -0.3 is 10.1 Å². The van der Waals surface area contributed by atoms with Crippen LogP contribution in [0.5, 0.6) is 5.75 Å². The molecule has 0 atom stereocenters. The summed E-state index contributed by atoms with van der Waals surface area (Å²) in [6, 6.07) is 14.5. The predicted octanol–water partition coefficient (Wildman–Crippen LogP) is 2.89. The minimum atomic E-state index is -0.808. The van der Waals surface area contributed by atoms with E-state index in [0.29, 0.717) is 17.4 Å². The first kappa shape index (κ1) is 19.5. The van der Waals surface area contributed by atoms with E-state index in [1.807, 2.05) is 24.3 Å². The molecule has 2 rings (SSSR count). The van der Waals surface area contributed by atoms with Crippen molar-refractivity contribution in [3.05, 3.63) is 64.7 Å². The van der Waals surface area contributed by atoms with Crippen LogP contribution < -0.4 is 15.5 Å². The molecule has 0 unspecified atom stereocenters. The number of carbonyl (C=O) groups excluding carboxylic acids is 2. The van der Waals surface area contributed by atoms with Crippen LogP contribution in [0.25, 0.3) is 0 Å². The van der Waals surface area contributed by atoms with Gasteiger partial charge in [0.15, 0.2) is 0 Å². The second-order valence-electron chi connectivity index (χ2n) is 5.81. The number of nitrogens with zero attached hydrogens (tertiary/aromatic N) is 1. The molecule has 0 spiro atoms. The Balaban J connectivity index is 1.82. The Morgan fingerprint density at radius 1 is 1.08 bits per heavy atom. The molecule has 0 aliphatic rings. The monoisotopic (exact) mass is 373 g/mol. The number of hydrazone groups is 1. The van der Waals surface area contributed by atoms with Crippen molar-refractivity contribution in [3.8, 4) is 5.75 Å². The van der Waals surface area contributed by atoms with Crippen LogP contribution in [-0.2, 0) is 16.2 Å². The Kier molecular flexibility index (Phi) is 7.17. The third kappa shape index (κ3) is 6.57. The molecule has 0 fully saturated rings. The van der Waals surface area contributed by atoms with Crippen molar-refractivity contribution in [3.63, 3.8) is 0 Å². The van der Waals surface area contributed by atoms with Crippen molar-refractivity contribution in [2.45, 2.75) is 26.5 Å². The third-order valence-electron chi connectivity index (χ3n) is 3.20. The highest BCUT2D eigenvalue weighted by molar-refractivity contribution is 6.35. The fraction of sp³-hybridized carbons (Fsp3) is 0.211. The number of hydrogen-bond donors (Lipinski definition) is 2. The Morgan fingerprint density at radius 2 is 1.73 bits per heavy atom. The van der Waals surface area contributed by atoms with Gasteiger partial charge in [0.05, 0.1) is 6.21 Å². The van der Waals surface area contributed by atoms with Gasteiger partial charge in [0.2, 0.25) is 0 Å². The van der Waals surface area contributed by atoms with Crippen LogP contribution in [0.4, 0.5) is 0 Å². The Morgan fingerprint density at radius 3 is 2.35 bits per heavy atom. The van der Waals surface area contributed by atoms with E-state index in [-0.39, 0.29) is 6.04 Å². The van der Waals surface area contributed by atoms with Gasteiger partial charge in [-0.1, -0.05) is 23.7 Å². The van der Waals surface area contributed by atoms with E-state index < -0.39 is 11.8 Å². The van der Waals surface area contributed by atoms with Crippen LogP contribution in [0.2, 0.25) is 5.02 Å². The Labute approximate surface area is 157 Å². The van der Waals surface area contributed by atoms with Crippen molar-refractivity contribution in [1.29, 1.82) is 0 Å². The topological polar surface area (TPSA) is 79.8 Å². The first-order valence-corrected chi connectivity index (χ1v) is 8.43. The van der Waals surface area contributed by atoms with Crippen LogP contribution in [-0.4, -0.2) is 24.1 Å². The second-order valence-corrected chi connectivity index (χ2v) is 6.25. The molecule has 2 aromatic carbocycles. The molecular weight excluding hydrogens is 354 g/mol. The quantitative estimate of drug-likeness (QED) is 0.464. The maximum Gasteiger partial charge on any atom is 0.329 e. The van der Waals surface area contributed by atoms with Gasteiger partial charge in [-0.05, 0) is 61.4 Å². The molecule has 2 amide bonds. The summed E-state index contributed by atoms with van der Waals surface area (Å²) in [5.41, 5.74) is 3.95. The second kappa shape index (κ2) is 9.58. The lowest BCUT2D eigenvalue weighted by Crippen LogP contribution is -2.41. The molecule has 0 heterocycles. The molecule has 6 nitrogen and oxygen atoms in total. The first-order valence-electron chi connectivity index (χ1n) is 8.05. The normalized spacial score (nSPS) is 10.8. The molecular formula is C19H20ClN3O3. The highest BCUT2D eigenvalue weighted by atomic mass is 35.5. The molecule has 7 heteroatoms. The van der Waals surface area contributed by atoms with Crippen LogP contribution in [0.1, 0.15) is 25.0 Å². The minimum absolute atomic E-state index is 0.113. The van der Waals surface area contributed by atoms with Crippen LogP contribution >= 0.6 is 11.6 Å². The number of hydrogen-bond acceptors (Lipinski definition) is 4. The van der Waals surface area contributed by atoms with E-state index in [0.717, 1.165) is 11.1 Å². The fourth-order valence-corrected chi connectivity index (χ4v) is 2.07. The number of benzene rings is 2. The number of carbonyl (C=O) groups is 2. The van der Waals surface area contributed by atoms with E-state index in [1.54, 1.807) is 38.1 Å². The summed E-state index contributed by atoms with van der Waals surface area (Å²) >= 11 is 5.85. The van der Waals surface area contributed by atoms with Crippen LogP contribution in [0.15, 0.2) is 53.6 Å². The van der Waals surface area contributed by atoms with E-state index in [9.17, 15) is 9.59 Å². The third-order valence-corrected chi connectivity index (χ3v) is 3.46. The summed E-state index contributed by atoms with van der Waals surface area (Å²) in [7, 11) is 0. The van der Waals surface area contributed by atoms with E-state index >= 15 is 0 Å². The largest absolute Gasteiger partial charge is 0.489 e. The number of rotatable bonds is 6. The molecule has 0 radical (unpaired) electrons. The van der Waals surface area contributed by atoms with Crippen molar-refractivity contribution >= 4 is 29.6 Å². The molecule has 0 aliphatic heterocycles. The lowest BCUT2D eigenvalue weighted by Gasteiger charge is -2.07. The van der Waals surface area contributed by atoms with Gasteiger partial charge in [-0.3, -0.25) is 9.59 Å². The van der Waals surface area contributed by atoms with E-state index in [4.69, 9.17) is 16.3 Å². The molecule has 0 saturated carbocycles. The summed E-state index contributed by atoms with van der Waals surface area (Å²) in [6.45, 7) is 3.97. The van der Waals surface area contributed by atoms with Gasteiger partial charge in [-0.2, -0.15) is 5.10 Å². The molecule has 0 saturated heterocycles. The summed E-state index contributed by atoms with van der Waals surface area (Å²) in [4.78, 5) is 22.9. The molecule has 0 aromatic heterocycles.